The molecule has 0 aliphatic carbocycles. The van der Waals surface area contributed by atoms with E-state index >= 15 is 0 Å². The van der Waals surface area contributed by atoms with E-state index in [1.165, 1.54) is 16.0 Å². The zero-order chi connectivity index (χ0) is 18.4. The number of rotatable bonds is 3. The van der Waals surface area contributed by atoms with Crippen LogP contribution >= 0.6 is 11.3 Å². The van der Waals surface area contributed by atoms with Crippen LogP contribution in [0.3, 0.4) is 0 Å². The molecule has 2 aliphatic heterocycles. The number of fused-ring (bicyclic) bond motifs is 3. The Morgan fingerprint density at radius 1 is 1.19 bits per heavy atom. The number of nitrogens with one attached hydrogen (secondary N) is 3. The third kappa shape index (κ3) is 3.05. The zero-order valence-electron chi connectivity index (χ0n) is 15.2. The van der Waals surface area contributed by atoms with E-state index in [2.05, 4.69) is 41.0 Å². The number of carbonyl (C=O) groups excluding carboxylic acids is 1. The van der Waals surface area contributed by atoms with Crippen molar-refractivity contribution in [3.63, 3.8) is 0 Å². The average Bonchev–Trinajstić information content (AvgIpc) is 3.25. The van der Waals surface area contributed by atoms with Gasteiger partial charge in [0.15, 0.2) is 6.17 Å². The summed E-state index contributed by atoms with van der Waals surface area (Å²) in [6.07, 6.45) is 0.648. The number of amides is 1. The lowest BCUT2D eigenvalue weighted by Gasteiger charge is -2.26. The van der Waals surface area contributed by atoms with Crippen LogP contribution in [0.1, 0.15) is 44.0 Å². The van der Waals surface area contributed by atoms with Crippen molar-refractivity contribution < 1.29 is 14.1 Å². The summed E-state index contributed by atoms with van der Waals surface area (Å²) < 4.78 is 5.70. The third-order valence-corrected chi connectivity index (χ3v) is 6.51. The summed E-state index contributed by atoms with van der Waals surface area (Å²) in [5, 5.41) is 7.48. The summed E-state index contributed by atoms with van der Waals surface area (Å²) in [5.74, 6) is 1.60. The Kier molecular flexibility index (Phi) is 4.02. The topological polar surface area (TPSA) is 58.7 Å². The van der Waals surface area contributed by atoms with E-state index in [1.54, 1.807) is 16.2 Å². The van der Waals surface area contributed by atoms with Crippen LogP contribution in [-0.2, 0) is 19.5 Å². The van der Waals surface area contributed by atoms with E-state index in [9.17, 15) is 4.79 Å². The van der Waals surface area contributed by atoms with E-state index in [0.717, 1.165) is 48.1 Å². The van der Waals surface area contributed by atoms with E-state index in [1.807, 2.05) is 19.1 Å². The number of thiophene rings is 1. The molecule has 6 heteroatoms. The molecule has 5 rings (SSSR count). The van der Waals surface area contributed by atoms with Crippen LogP contribution in [0.4, 0.5) is 5.00 Å². The van der Waals surface area contributed by atoms with Crippen molar-refractivity contribution in [3.8, 4) is 0 Å². The van der Waals surface area contributed by atoms with Gasteiger partial charge in [-0.3, -0.25) is 4.79 Å². The molecule has 1 unspecified atom stereocenters. The fraction of sp³-hybridized carbons (Fsp3) is 0.286. The molecule has 3 aromatic rings. The van der Waals surface area contributed by atoms with Crippen LogP contribution in [0, 0.1) is 6.92 Å². The zero-order valence-corrected chi connectivity index (χ0v) is 16.0. The number of anilines is 1. The van der Waals surface area contributed by atoms with Gasteiger partial charge in [-0.2, -0.15) is 0 Å². The SMILES string of the molecule is Cc1ccc([C@H]2NC(=O)c3c(sc4c3CC[NH+](Cc3ccccc3)C4)N2)o1. The van der Waals surface area contributed by atoms with Crippen LogP contribution in [0.5, 0.6) is 0 Å². The number of carbonyl (C=O) groups is 1. The molecule has 2 aromatic heterocycles. The van der Waals surface area contributed by atoms with Gasteiger partial charge in [-0.25, -0.2) is 0 Å². The largest absolute Gasteiger partial charge is 0.462 e. The standard InChI is InChI=1S/C21H21N3O2S/c1-13-7-8-16(26-13)19-22-20(25)18-15-9-10-24(11-14-5-3-2-4-6-14)12-17(15)27-21(18)23-19/h2-8,19,23H,9-12H2,1H3,(H,22,25)/p+1/t19-/m0/s1. The fourth-order valence-corrected chi connectivity index (χ4v) is 5.38. The molecular weight excluding hydrogens is 358 g/mol. The Labute approximate surface area is 162 Å². The quantitative estimate of drug-likeness (QED) is 0.655. The Morgan fingerprint density at radius 3 is 2.81 bits per heavy atom. The number of aryl methyl sites for hydroxylation is 1. The first kappa shape index (κ1) is 16.6. The monoisotopic (exact) mass is 380 g/mol. The van der Waals surface area contributed by atoms with Gasteiger partial charge in [0.2, 0.25) is 0 Å². The van der Waals surface area contributed by atoms with Crippen molar-refractivity contribution in [2.75, 3.05) is 11.9 Å². The second-order valence-corrected chi connectivity index (χ2v) is 8.40. The van der Waals surface area contributed by atoms with Gasteiger partial charge >= 0.3 is 0 Å². The maximum Gasteiger partial charge on any atom is 0.256 e. The molecule has 1 aromatic carbocycles. The predicted octanol–water partition coefficient (Wildman–Crippen LogP) is 2.64. The number of hydrogen-bond acceptors (Lipinski definition) is 4. The molecule has 138 valence electrons. The van der Waals surface area contributed by atoms with Crippen LogP contribution in [0.2, 0.25) is 0 Å². The lowest BCUT2D eigenvalue weighted by atomic mass is 10.0. The van der Waals surface area contributed by atoms with E-state index < -0.39 is 0 Å². The molecule has 4 heterocycles. The molecule has 0 radical (unpaired) electrons. The van der Waals surface area contributed by atoms with Crippen molar-refractivity contribution in [1.82, 2.24) is 5.32 Å². The van der Waals surface area contributed by atoms with Gasteiger partial charge in [0.25, 0.3) is 5.91 Å². The molecule has 0 saturated carbocycles. The fourth-order valence-electron chi connectivity index (χ4n) is 4.04. The molecule has 3 N–H and O–H groups in total. The van der Waals surface area contributed by atoms with Gasteiger partial charge in [-0.05, 0) is 24.6 Å². The van der Waals surface area contributed by atoms with Gasteiger partial charge < -0.3 is 20.0 Å². The maximum absolute atomic E-state index is 12.8. The summed E-state index contributed by atoms with van der Waals surface area (Å²) in [4.78, 5) is 15.7. The first-order chi connectivity index (χ1) is 13.2. The Morgan fingerprint density at radius 2 is 2.04 bits per heavy atom. The molecule has 5 nitrogen and oxygen atoms in total. The second kappa shape index (κ2) is 6.55. The summed E-state index contributed by atoms with van der Waals surface area (Å²) in [5.41, 5.74) is 3.43. The summed E-state index contributed by atoms with van der Waals surface area (Å²) >= 11 is 1.73. The molecule has 1 amide bonds. The molecule has 0 fully saturated rings. The van der Waals surface area contributed by atoms with E-state index in [-0.39, 0.29) is 12.1 Å². The Bertz CT molecular complexity index is 992. The number of furan rings is 1. The predicted molar refractivity (Wildman–Crippen MR) is 105 cm³/mol. The van der Waals surface area contributed by atoms with Crippen LogP contribution in [0.15, 0.2) is 46.9 Å². The Balaban J connectivity index is 1.38. The highest BCUT2D eigenvalue weighted by Crippen LogP contribution is 2.39. The second-order valence-electron chi connectivity index (χ2n) is 7.30. The average molecular weight is 380 g/mol. The molecule has 2 aliphatic rings. The molecule has 0 bridgehead atoms. The summed E-state index contributed by atoms with van der Waals surface area (Å²) in [6, 6.07) is 14.5. The Hall–Kier alpha value is -2.57. The summed E-state index contributed by atoms with van der Waals surface area (Å²) in [6.45, 7) is 4.96. The van der Waals surface area contributed by atoms with E-state index in [0.29, 0.717) is 0 Å². The normalized spacial score (nSPS) is 21.1. The molecule has 27 heavy (non-hydrogen) atoms. The van der Waals surface area contributed by atoms with Gasteiger partial charge in [0.1, 0.15) is 29.6 Å². The number of benzene rings is 1. The van der Waals surface area contributed by atoms with Gasteiger partial charge in [-0.15, -0.1) is 11.3 Å². The van der Waals surface area contributed by atoms with Gasteiger partial charge in [-0.1, -0.05) is 30.3 Å². The molecule has 0 spiro atoms. The van der Waals surface area contributed by atoms with Crippen LogP contribution in [-0.4, -0.2) is 12.5 Å². The first-order valence-corrected chi connectivity index (χ1v) is 10.1. The minimum atomic E-state index is -0.299. The van der Waals surface area contributed by atoms with Gasteiger partial charge in [0, 0.05) is 12.0 Å². The maximum atomic E-state index is 12.8. The first-order valence-electron chi connectivity index (χ1n) is 9.33. The lowest BCUT2D eigenvalue weighted by molar-refractivity contribution is -0.929. The minimum absolute atomic E-state index is 0.00631. The van der Waals surface area contributed by atoms with Crippen molar-refractivity contribution in [2.24, 2.45) is 0 Å². The number of hydrogen-bond donors (Lipinski definition) is 3. The molecule has 2 atom stereocenters. The highest BCUT2D eigenvalue weighted by atomic mass is 32.1. The number of quaternary nitrogens is 1. The smallest absolute Gasteiger partial charge is 0.256 e. The highest BCUT2D eigenvalue weighted by Gasteiger charge is 2.35. The van der Waals surface area contributed by atoms with Gasteiger partial charge in [0.05, 0.1) is 17.0 Å². The van der Waals surface area contributed by atoms with Crippen LogP contribution in [0.25, 0.3) is 0 Å². The minimum Gasteiger partial charge on any atom is -0.462 e. The summed E-state index contributed by atoms with van der Waals surface area (Å²) in [7, 11) is 0. The highest BCUT2D eigenvalue weighted by molar-refractivity contribution is 7.16. The lowest BCUT2D eigenvalue weighted by Crippen LogP contribution is -3.10. The van der Waals surface area contributed by atoms with Crippen LogP contribution < -0.4 is 15.5 Å². The third-order valence-electron chi connectivity index (χ3n) is 5.35. The van der Waals surface area contributed by atoms with Crippen molar-refractivity contribution in [2.45, 2.75) is 32.6 Å². The molecular formula is C21H22N3O2S+. The van der Waals surface area contributed by atoms with E-state index in [4.69, 9.17) is 4.42 Å². The van der Waals surface area contributed by atoms with Crippen molar-refractivity contribution in [3.05, 3.63) is 75.6 Å². The van der Waals surface area contributed by atoms with Crippen molar-refractivity contribution >= 4 is 22.2 Å². The molecule has 0 saturated heterocycles. The van der Waals surface area contributed by atoms with Crippen molar-refractivity contribution in [1.29, 1.82) is 0 Å².